The highest BCUT2D eigenvalue weighted by Crippen LogP contribution is 2.12. The van der Waals surface area contributed by atoms with E-state index in [2.05, 4.69) is 9.97 Å². The van der Waals surface area contributed by atoms with E-state index in [0.29, 0.717) is 23.3 Å². The zero-order valence-corrected chi connectivity index (χ0v) is 20.2. The number of ketones is 1. The van der Waals surface area contributed by atoms with E-state index in [1.807, 2.05) is 37.3 Å². The van der Waals surface area contributed by atoms with E-state index in [-0.39, 0.29) is 43.1 Å². The Morgan fingerprint density at radius 3 is 2.39 bits per heavy atom. The minimum absolute atomic E-state index is 0.104. The lowest BCUT2D eigenvalue weighted by molar-refractivity contribution is 0.0925. The second-order valence-corrected chi connectivity index (χ2v) is 8.42. The minimum Gasteiger partial charge on any atom is -0.384 e. The maximum Gasteiger partial charge on any atom is 0.332 e. The third-order valence-electron chi connectivity index (χ3n) is 6.10. The van der Waals surface area contributed by atoms with E-state index in [9.17, 15) is 19.2 Å². The van der Waals surface area contributed by atoms with Crippen LogP contribution < -0.4 is 22.5 Å². The molecule has 10 nitrogen and oxygen atoms in total. The molecule has 0 bridgehead atoms. The highest BCUT2D eigenvalue weighted by molar-refractivity contribution is 6.01. The number of hydrogen-bond acceptors (Lipinski definition) is 7. The van der Waals surface area contributed by atoms with Crippen LogP contribution in [-0.2, 0) is 19.6 Å². The van der Waals surface area contributed by atoms with Crippen molar-refractivity contribution >= 4 is 22.5 Å². The number of H-pyrrole nitrogens is 1. The van der Waals surface area contributed by atoms with Crippen LogP contribution in [0, 0.1) is 0 Å². The second kappa shape index (κ2) is 10.5. The monoisotopic (exact) mass is 488 g/mol. The van der Waals surface area contributed by atoms with Crippen LogP contribution in [0.3, 0.4) is 0 Å². The molecule has 10 heteroatoms. The number of fused-ring (bicyclic) bond motifs is 1. The SMILES string of the molecule is CCN(CC(=O)c1c(N)n(Cc2ccccc2)c(=O)n(CC)c1=O)Cc1nc2ccccc2c(=O)[nH]1. The van der Waals surface area contributed by atoms with E-state index in [0.717, 1.165) is 10.1 Å². The molecule has 186 valence electrons. The van der Waals surface area contributed by atoms with Gasteiger partial charge in [-0.3, -0.25) is 28.4 Å². The molecule has 0 unspecified atom stereocenters. The predicted octanol–water partition coefficient (Wildman–Crippen LogP) is 1.60. The number of carbonyl (C=O) groups excluding carboxylic acids is 1. The van der Waals surface area contributed by atoms with E-state index in [4.69, 9.17) is 5.73 Å². The summed E-state index contributed by atoms with van der Waals surface area (Å²) in [5.74, 6) is -0.260. The molecule has 0 aliphatic carbocycles. The van der Waals surface area contributed by atoms with E-state index in [1.165, 1.54) is 4.57 Å². The molecular formula is C26H28N6O4. The van der Waals surface area contributed by atoms with Gasteiger partial charge in [0.05, 0.1) is 30.5 Å². The Bertz CT molecular complexity index is 1590. The zero-order chi connectivity index (χ0) is 25.8. The molecule has 2 aromatic heterocycles. The van der Waals surface area contributed by atoms with Gasteiger partial charge in [-0.1, -0.05) is 49.4 Å². The van der Waals surface area contributed by atoms with Gasteiger partial charge in [0, 0.05) is 6.54 Å². The van der Waals surface area contributed by atoms with Crippen molar-refractivity contribution in [3.63, 3.8) is 0 Å². The topological polar surface area (TPSA) is 136 Å². The van der Waals surface area contributed by atoms with E-state index in [1.54, 1.807) is 36.1 Å². The van der Waals surface area contributed by atoms with E-state index >= 15 is 0 Å². The Labute approximate surface area is 206 Å². The summed E-state index contributed by atoms with van der Waals surface area (Å²) < 4.78 is 2.28. The smallest absolute Gasteiger partial charge is 0.332 e. The highest BCUT2D eigenvalue weighted by atomic mass is 16.2. The molecule has 0 spiro atoms. The minimum atomic E-state index is -0.706. The molecule has 36 heavy (non-hydrogen) atoms. The third-order valence-corrected chi connectivity index (χ3v) is 6.10. The number of nitrogens with one attached hydrogen (secondary N) is 1. The number of aromatic nitrogens is 4. The van der Waals surface area contributed by atoms with Gasteiger partial charge in [-0.05, 0) is 31.2 Å². The fourth-order valence-corrected chi connectivity index (χ4v) is 4.16. The lowest BCUT2D eigenvalue weighted by Crippen LogP contribution is -2.45. The Kier molecular flexibility index (Phi) is 7.25. The maximum absolute atomic E-state index is 13.4. The number of hydrogen-bond donors (Lipinski definition) is 2. The Hall–Kier alpha value is -4.31. The Balaban J connectivity index is 1.66. The van der Waals surface area contributed by atoms with E-state index < -0.39 is 17.0 Å². The van der Waals surface area contributed by atoms with Crippen molar-refractivity contribution in [1.82, 2.24) is 24.0 Å². The van der Waals surface area contributed by atoms with Gasteiger partial charge in [-0.2, -0.15) is 0 Å². The van der Waals surface area contributed by atoms with Gasteiger partial charge in [-0.25, -0.2) is 9.78 Å². The van der Waals surface area contributed by atoms with Crippen LogP contribution in [0.15, 0.2) is 69.0 Å². The molecular weight excluding hydrogens is 460 g/mol. The zero-order valence-electron chi connectivity index (χ0n) is 20.2. The highest BCUT2D eigenvalue weighted by Gasteiger charge is 2.24. The molecule has 0 aliphatic rings. The quantitative estimate of drug-likeness (QED) is 0.342. The molecule has 0 saturated carbocycles. The number of likely N-dealkylation sites (N-methyl/N-ethyl adjacent to an activating group) is 1. The number of para-hydroxylation sites is 1. The number of nitrogens with two attached hydrogens (primary N) is 1. The molecule has 0 fully saturated rings. The van der Waals surface area contributed by atoms with Crippen molar-refractivity contribution in [2.45, 2.75) is 33.5 Å². The van der Waals surface area contributed by atoms with Crippen molar-refractivity contribution in [2.24, 2.45) is 0 Å². The van der Waals surface area contributed by atoms with Crippen LogP contribution in [0.2, 0.25) is 0 Å². The first-order valence-electron chi connectivity index (χ1n) is 11.7. The number of Topliss-reactive ketones (excluding diaryl/α,β-unsaturated/α-hetero) is 1. The standard InChI is InChI=1S/C26H28N6O4/c1-3-30(16-21-28-19-13-9-8-12-18(19)24(34)29-21)15-20(33)22-23(27)32(14-17-10-6-5-7-11-17)26(36)31(4-2)25(22)35/h5-13H,3-4,14-16,27H2,1-2H3,(H,28,29,34). The van der Waals surface area contributed by atoms with Crippen molar-refractivity contribution < 1.29 is 4.79 Å². The molecule has 4 rings (SSSR count). The molecule has 0 radical (unpaired) electrons. The van der Waals surface area contributed by atoms with Gasteiger partial charge in [-0.15, -0.1) is 0 Å². The second-order valence-electron chi connectivity index (χ2n) is 8.42. The van der Waals surface area contributed by atoms with Gasteiger partial charge in [0.25, 0.3) is 11.1 Å². The lowest BCUT2D eigenvalue weighted by atomic mass is 10.1. The molecule has 3 N–H and O–H groups in total. The van der Waals surface area contributed by atoms with Crippen LogP contribution in [-0.4, -0.2) is 42.9 Å². The van der Waals surface area contributed by atoms with Gasteiger partial charge in [0.15, 0.2) is 5.78 Å². The lowest BCUT2D eigenvalue weighted by Gasteiger charge is -2.20. The predicted molar refractivity (Wildman–Crippen MR) is 138 cm³/mol. The van der Waals surface area contributed by atoms with Gasteiger partial charge >= 0.3 is 5.69 Å². The number of nitrogens with zero attached hydrogens (tertiary/aromatic N) is 4. The number of anilines is 1. The maximum atomic E-state index is 13.4. The van der Waals surface area contributed by atoms with Gasteiger partial charge < -0.3 is 10.7 Å². The molecule has 4 aromatic rings. The summed E-state index contributed by atoms with van der Waals surface area (Å²) in [5, 5.41) is 0.480. The number of nitrogen functional groups attached to an aromatic ring is 1. The molecule has 2 aromatic carbocycles. The summed E-state index contributed by atoms with van der Waals surface area (Å²) in [6, 6.07) is 16.2. The first kappa shape index (κ1) is 24.8. The Morgan fingerprint density at radius 1 is 1.00 bits per heavy atom. The van der Waals surface area contributed by atoms with Gasteiger partial charge in [0.2, 0.25) is 0 Å². The molecule has 2 heterocycles. The summed E-state index contributed by atoms with van der Waals surface area (Å²) >= 11 is 0. The first-order valence-corrected chi connectivity index (χ1v) is 11.7. The van der Waals surface area contributed by atoms with Crippen molar-refractivity contribution in [1.29, 1.82) is 0 Å². The van der Waals surface area contributed by atoms with Crippen LogP contribution >= 0.6 is 0 Å². The average Bonchev–Trinajstić information content (AvgIpc) is 2.87. The van der Waals surface area contributed by atoms with Crippen LogP contribution in [0.5, 0.6) is 0 Å². The summed E-state index contributed by atoms with van der Waals surface area (Å²) in [4.78, 5) is 60.8. The summed E-state index contributed by atoms with van der Waals surface area (Å²) in [5.41, 5.74) is 5.88. The van der Waals surface area contributed by atoms with Crippen LogP contribution in [0.25, 0.3) is 10.9 Å². The molecule has 0 amide bonds. The fraction of sp³-hybridized carbons (Fsp3) is 0.269. The normalized spacial score (nSPS) is 11.3. The number of benzene rings is 2. The molecule has 0 atom stereocenters. The van der Waals surface area contributed by atoms with Gasteiger partial charge in [0.1, 0.15) is 17.2 Å². The van der Waals surface area contributed by atoms with Crippen molar-refractivity contribution in [2.75, 3.05) is 18.8 Å². The summed E-state index contributed by atoms with van der Waals surface area (Å²) in [7, 11) is 0. The molecule has 0 aliphatic heterocycles. The average molecular weight is 489 g/mol. The number of aromatic amines is 1. The summed E-state index contributed by atoms with van der Waals surface area (Å²) in [6.07, 6.45) is 0. The van der Waals surface area contributed by atoms with Crippen LogP contribution in [0.4, 0.5) is 5.82 Å². The fourth-order valence-electron chi connectivity index (χ4n) is 4.16. The third kappa shape index (κ3) is 4.89. The Morgan fingerprint density at radius 2 is 1.69 bits per heavy atom. The molecule has 0 saturated heterocycles. The number of rotatable bonds is 9. The summed E-state index contributed by atoms with van der Waals surface area (Å²) in [6.45, 7) is 4.26. The van der Waals surface area contributed by atoms with Crippen molar-refractivity contribution in [3.8, 4) is 0 Å². The number of carbonyl (C=O) groups is 1. The van der Waals surface area contributed by atoms with Crippen LogP contribution in [0.1, 0.15) is 35.6 Å². The largest absolute Gasteiger partial charge is 0.384 e. The van der Waals surface area contributed by atoms with Crippen molar-refractivity contribution in [3.05, 3.63) is 103 Å². The first-order chi connectivity index (χ1) is 17.3.